The van der Waals surface area contributed by atoms with Gasteiger partial charge in [-0.25, -0.2) is 0 Å². The average molecular weight is 562 g/mol. The fourth-order valence-corrected chi connectivity index (χ4v) is 6.28. The third-order valence-corrected chi connectivity index (χ3v) is 7.68. The van der Waals surface area contributed by atoms with Crippen LogP contribution >= 0.6 is 0 Å². The second-order valence-corrected chi connectivity index (χ2v) is 13.2. The lowest BCUT2D eigenvalue weighted by Gasteiger charge is -2.37. The van der Waals surface area contributed by atoms with Gasteiger partial charge in [-0.15, -0.1) is 0 Å². The summed E-state index contributed by atoms with van der Waals surface area (Å²) < 4.78 is 17.2. The van der Waals surface area contributed by atoms with Gasteiger partial charge in [0.05, 0.1) is 18.9 Å². The standard InChI is InChI=1S/C34H43NO6/c1-22-13-12-16-24(19-22)28-26(30(37)41-33(5,6)7)21-34(31(38)39-8)20-25(29(36)40-32(2,3)4)27(35(28)34)18-17-23-14-10-9-11-15-23/h9-19,25-28H,20-21H2,1-8H3/b18-17+/t25-,26-,27-,28-,34-/m1/s1. The summed E-state index contributed by atoms with van der Waals surface area (Å²) in [6, 6.07) is 16.7. The fraction of sp³-hybridized carbons (Fsp3) is 0.500. The van der Waals surface area contributed by atoms with E-state index in [4.69, 9.17) is 14.2 Å². The molecule has 0 radical (unpaired) electrons. The highest BCUT2D eigenvalue weighted by molar-refractivity contribution is 5.88. The van der Waals surface area contributed by atoms with Crippen molar-refractivity contribution in [2.75, 3.05) is 7.11 Å². The molecule has 0 saturated carbocycles. The van der Waals surface area contributed by atoms with Crippen LogP contribution in [0.25, 0.3) is 6.08 Å². The maximum atomic E-state index is 13.8. The van der Waals surface area contributed by atoms with E-state index in [1.807, 2.05) is 120 Å². The molecule has 0 unspecified atom stereocenters. The maximum absolute atomic E-state index is 13.8. The van der Waals surface area contributed by atoms with Crippen molar-refractivity contribution in [1.82, 2.24) is 4.90 Å². The monoisotopic (exact) mass is 561 g/mol. The first-order valence-corrected chi connectivity index (χ1v) is 14.3. The number of hydrogen-bond donors (Lipinski definition) is 0. The Kier molecular flexibility index (Phi) is 8.51. The van der Waals surface area contributed by atoms with Gasteiger partial charge >= 0.3 is 17.9 Å². The Morgan fingerprint density at radius 3 is 2.00 bits per heavy atom. The van der Waals surface area contributed by atoms with E-state index in [-0.39, 0.29) is 24.8 Å². The number of hydrogen-bond acceptors (Lipinski definition) is 7. The predicted molar refractivity (Wildman–Crippen MR) is 158 cm³/mol. The average Bonchev–Trinajstić information content (AvgIpc) is 3.38. The van der Waals surface area contributed by atoms with E-state index in [1.54, 1.807) is 0 Å². The summed E-state index contributed by atoms with van der Waals surface area (Å²) in [6.45, 7) is 13.0. The molecule has 0 N–H and O–H groups in total. The number of rotatable bonds is 6. The number of fused-ring (bicyclic) bond motifs is 1. The first-order chi connectivity index (χ1) is 19.1. The molecule has 0 aromatic heterocycles. The van der Waals surface area contributed by atoms with Crippen LogP contribution in [0.2, 0.25) is 0 Å². The molecule has 0 amide bonds. The highest BCUT2D eigenvalue weighted by atomic mass is 16.6. The molecule has 2 aromatic carbocycles. The minimum absolute atomic E-state index is 0.167. The van der Waals surface area contributed by atoms with E-state index < -0.39 is 46.6 Å². The van der Waals surface area contributed by atoms with Crippen molar-refractivity contribution < 1.29 is 28.6 Å². The number of methoxy groups -OCH3 is 1. The maximum Gasteiger partial charge on any atom is 0.326 e. The molecule has 2 fully saturated rings. The summed E-state index contributed by atoms with van der Waals surface area (Å²) in [5, 5.41) is 0. The first-order valence-electron chi connectivity index (χ1n) is 14.3. The zero-order valence-electron chi connectivity index (χ0n) is 25.5. The number of aryl methyl sites for hydroxylation is 1. The number of carbonyl (C=O) groups excluding carboxylic acids is 3. The SMILES string of the molecule is COC(=O)[C@]12C[C@@H](C(=O)OC(C)(C)C)[C@@H](/C=C/c3ccccc3)N1[C@H](c1cccc(C)c1)[C@H](C(=O)OC(C)(C)C)C2. The Hall–Kier alpha value is -3.45. The normalized spacial score (nSPS) is 26.5. The zero-order chi connectivity index (χ0) is 30.2. The first kappa shape index (κ1) is 30.5. The van der Waals surface area contributed by atoms with Crippen molar-refractivity contribution in [3.63, 3.8) is 0 Å². The molecule has 4 rings (SSSR count). The van der Waals surface area contributed by atoms with Gasteiger partial charge in [0.15, 0.2) is 0 Å². The molecule has 41 heavy (non-hydrogen) atoms. The lowest BCUT2D eigenvalue weighted by molar-refractivity contribution is -0.161. The number of benzene rings is 2. The van der Waals surface area contributed by atoms with Crippen LogP contribution in [0, 0.1) is 18.8 Å². The molecular formula is C34H43NO6. The van der Waals surface area contributed by atoms with Crippen LogP contribution in [0.1, 0.15) is 77.1 Å². The summed E-state index contributed by atoms with van der Waals surface area (Å²) in [7, 11) is 1.35. The lowest BCUT2D eigenvalue weighted by atomic mass is 9.83. The second kappa shape index (κ2) is 11.4. The molecule has 220 valence electrons. The Balaban J connectivity index is 1.91. The van der Waals surface area contributed by atoms with Gasteiger partial charge in [-0.05, 0) is 72.4 Å². The fourth-order valence-electron chi connectivity index (χ4n) is 6.28. The number of carbonyl (C=O) groups is 3. The highest BCUT2D eigenvalue weighted by Gasteiger charge is 2.68. The topological polar surface area (TPSA) is 82.1 Å². The van der Waals surface area contributed by atoms with Crippen LogP contribution in [-0.2, 0) is 28.6 Å². The summed E-state index contributed by atoms with van der Waals surface area (Å²) in [5.74, 6) is -2.52. The van der Waals surface area contributed by atoms with Crippen LogP contribution < -0.4 is 0 Å². The molecule has 2 aliphatic heterocycles. The van der Waals surface area contributed by atoms with Crippen LogP contribution in [-0.4, -0.2) is 52.7 Å². The van der Waals surface area contributed by atoms with E-state index in [0.717, 1.165) is 16.7 Å². The summed E-state index contributed by atoms with van der Waals surface area (Å²) in [5.41, 5.74) is 0.241. The van der Waals surface area contributed by atoms with Gasteiger partial charge in [0, 0.05) is 12.1 Å². The molecule has 2 saturated heterocycles. The number of nitrogens with zero attached hydrogens (tertiary/aromatic N) is 1. The van der Waals surface area contributed by atoms with Crippen molar-refractivity contribution in [1.29, 1.82) is 0 Å². The van der Waals surface area contributed by atoms with Crippen molar-refractivity contribution in [3.05, 3.63) is 77.4 Å². The van der Waals surface area contributed by atoms with Gasteiger partial charge in [0.25, 0.3) is 0 Å². The molecule has 2 heterocycles. The lowest BCUT2D eigenvalue weighted by Crippen LogP contribution is -2.49. The summed E-state index contributed by atoms with van der Waals surface area (Å²) in [6.07, 6.45) is 4.26. The van der Waals surface area contributed by atoms with Gasteiger partial charge in [0.1, 0.15) is 16.7 Å². The van der Waals surface area contributed by atoms with E-state index in [2.05, 4.69) is 0 Å². The van der Waals surface area contributed by atoms with Crippen LogP contribution in [0.15, 0.2) is 60.7 Å². The zero-order valence-corrected chi connectivity index (χ0v) is 25.5. The summed E-state index contributed by atoms with van der Waals surface area (Å²) >= 11 is 0. The van der Waals surface area contributed by atoms with E-state index in [1.165, 1.54) is 7.11 Å². The van der Waals surface area contributed by atoms with Gasteiger partial charge in [-0.3, -0.25) is 19.3 Å². The Morgan fingerprint density at radius 2 is 1.44 bits per heavy atom. The van der Waals surface area contributed by atoms with Crippen molar-refractivity contribution in [2.45, 2.75) is 90.1 Å². The Morgan fingerprint density at radius 1 is 0.854 bits per heavy atom. The van der Waals surface area contributed by atoms with Crippen molar-refractivity contribution >= 4 is 24.0 Å². The van der Waals surface area contributed by atoms with Crippen LogP contribution in [0.5, 0.6) is 0 Å². The molecule has 0 spiro atoms. The summed E-state index contributed by atoms with van der Waals surface area (Å²) in [4.78, 5) is 43.4. The molecule has 7 heteroatoms. The molecule has 7 nitrogen and oxygen atoms in total. The van der Waals surface area contributed by atoms with Gasteiger partial charge < -0.3 is 14.2 Å². The Labute approximate surface area is 243 Å². The third kappa shape index (κ3) is 6.56. The van der Waals surface area contributed by atoms with Gasteiger partial charge in [-0.1, -0.05) is 72.3 Å². The number of esters is 3. The highest BCUT2D eigenvalue weighted by Crippen LogP contribution is 2.57. The molecule has 5 atom stereocenters. The molecule has 0 bridgehead atoms. The van der Waals surface area contributed by atoms with E-state index in [0.29, 0.717) is 0 Å². The smallest absolute Gasteiger partial charge is 0.326 e. The van der Waals surface area contributed by atoms with E-state index in [9.17, 15) is 14.4 Å². The van der Waals surface area contributed by atoms with Crippen LogP contribution in [0.3, 0.4) is 0 Å². The molecule has 0 aliphatic carbocycles. The minimum Gasteiger partial charge on any atom is -0.468 e. The van der Waals surface area contributed by atoms with Gasteiger partial charge in [-0.2, -0.15) is 0 Å². The second-order valence-electron chi connectivity index (χ2n) is 13.2. The largest absolute Gasteiger partial charge is 0.468 e. The van der Waals surface area contributed by atoms with E-state index >= 15 is 0 Å². The van der Waals surface area contributed by atoms with Crippen molar-refractivity contribution in [3.8, 4) is 0 Å². The predicted octanol–water partition coefficient (Wildman–Crippen LogP) is 6.06. The third-order valence-electron chi connectivity index (χ3n) is 7.68. The quantitative estimate of drug-likeness (QED) is 0.313. The molecular weight excluding hydrogens is 518 g/mol. The molecule has 2 aromatic rings. The van der Waals surface area contributed by atoms with Crippen molar-refractivity contribution in [2.24, 2.45) is 11.8 Å². The van der Waals surface area contributed by atoms with Gasteiger partial charge in [0.2, 0.25) is 0 Å². The minimum atomic E-state index is -1.22. The number of ether oxygens (including phenoxy) is 3. The Bertz CT molecular complexity index is 1300. The van der Waals surface area contributed by atoms with Crippen LogP contribution in [0.4, 0.5) is 0 Å². The molecule has 2 aliphatic rings.